The molecule has 0 N–H and O–H groups in total. The highest BCUT2D eigenvalue weighted by Gasteiger charge is 2.17. The molecule has 0 amide bonds. The van der Waals surface area contributed by atoms with Gasteiger partial charge in [-0.3, -0.25) is 0 Å². The van der Waals surface area contributed by atoms with Crippen LogP contribution in [0.25, 0.3) is 0 Å². The van der Waals surface area contributed by atoms with E-state index in [4.69, 9.17) is 18.9 Å². The van der Waals surface area contributed by atoms with E-state index in [0.29, 0.717) is 35.5 Å². The maximum Gasteiger partial charge on any atom is 0.337 e. The molecule has 4 aromatic rings. The molecule has 0 saturated heterocycles. The summed E-state index contributed by atoms with van der Waals surface area (Å²) in [6.45, 7) is 7.34. The number of carbonyl (C=O) groups is 2. The molecule has 47 heavy (non-hydrogen) atoms. The Hall–Kier alpha value is -4.05. The van der Waals surface area contributed by atoms with Gasteiger partial charge in [-0.1, -0.05) is 85.5 Å². The molecule has 9 heteroatoms. The maximum absolute atomic E-state index is 12.6. The van der Waals surface area contributed by atoms with Crippen LogP contribution in [0.4, 0.5) is 0 Å². The normalized spacial score (nSPS) is 12.9. The average molecular weight is 687 g/mol. The molecular formula is C38H38O6S3. The minimum Gasteiger partial charge on any atom is -0.464 e. The number of hydrogen-bond acceptors (Lipinski definition) is 9. The van der Waals surface area contributed by atoms with Crippen molar-refractivity contribution in [3.8, 4) is 11.5 Å². The number of ether oxygens (including phenoxy) is 4. The minimum absolute atomic E-state index is 0.320. The van der Waals surface area contributed by atoms with E-state index in [1.165, 1.54) is 36.0 Å². The third kappa shape index (κ3) is 12.2. The van der Waals surface area contributed by atoms with Crippen LogP contribution in [-0.2, 0) is 19.1 Å². The molecule has 0 aliphatic rings. The van der Waals surface area contributed by atoms with Gasteiger partial charge in [0.25, 0.3) is 0 Å². The van der Waals surface area contributed by atoms with E-state index in [1.807, 2.05) is 98.8 Å². The molecule has 0 aromatic heterocycles. The number of thioether (sulfide) groups is 2. The number of rotatable bonds is 16. The second kappa shape index (κ2) is 18.9. The number of para-hydroxylation sites is 2. The molecule has 0 bridgehead atoms. The molecule has 6 nitrogen and oxygen atoms in total. The number of esters is 2. The fraction of sp³-hybridized carbons (Fsp3) is 0.211. The fourth-order valence-corrected chi connectivity index (χ4v) is 6.44. The van der Waals surface area contributed by atoms with Gasteiger partial charge in [-0.25, -0.2) is 9.59 Å². The highest BCUT2D eigenvalue weighted by molar-refractivity contribution is 8.00. The predicted molar refractivity (Wildman–Crippen MR) is 191 cm³/mol. The highest BCUT2D eigenvalue weighted by atomic mass is 32.2. The van der Waals surface area contributed by atoms with Gasteiger partial charge in [-0.05, 0) is 99.5 Å². The minimum atomic E-state index is -0.405. The third-order valence-electron chi connectivity index (χ3n) is 6.44. The lowest BCUT2D eigenvalue weighted by Crippen LogP contribution is -2.15. The van der Waals surface area contributed by atoms with Crippen molar-refractivity contribution in [3.63, 3.8) is 0 Å². The standard InChI is InChI=1S/C38H38O6S3/c1-5-35(43-37(39)27(3)25-41-29-13-9-7-10-14-29)46-33-21-17-31(18-22-33)45-32-19-23-34(24-20-32)47-36(6-2)44-38(40)28(4)26-42-30-15-11-8-12-16-30/h7-26,35-36H,5-6H2,1-4H3/b27-25+,28-26+. The Bertz CT molecular complexity index is 1500. The van der Waals surface area contributed by atoms with E-state index in [9.17, 15) is 9.59 Å². The Kier molecular flexibility index (Phi) is 14.4. The summed E-state index contributed by atoms with van der Waals surface area (Å²) in [5.74, 6) is 0.508. The Morgan fingerprint density at radius 2 is 0.894 bits per heavy atom. The summed E-state index contributed by atoms with van der Waals surface area (Å²) < 4.78 is 22.6. The van der Waals surface area contributed by atoms with E-state index < -0.39 is 11.9 Å². The zero-order chi connectivity index (χ0) is 33.4. The molecule has 0 spiro atoms. The Balaban J connectivity index is 1.24. The first kappa shape index (κ1) is 35.8. The van der Waals surface area contributed by atoms with Gasteiger partial charge in [0.05, 0.1) is 11.1 Å². The quantitative estimate of drug-likeness (QED) is 0.0376. The zero-order valence-corrected chi connectivity index (χ0v) is 29.2. The van der Waals surface area contributed by atoms with Crippen molar-refractivity contribution >= 4 is 47.2 Å². The summed E-state index contributed by atoms with van der Waals surface area (Å²) in [5.41, 5.74) is 0.152. The summed E-state index contributed by atoms with van der Waals surface area (Å²) >= 11 is 4.68. The lowest BCUT2D eigenvalue weighted by molar-refractivity contribution is -0.141. The third-order valence-corrected chi connectivity index (χ3v) is 9.93. The monoisotopic (exact) mass is 686 g/mol. The van der Waals surface area contributed by atoms with Crippen LogP contribution in [0.5, 0.6) is 11.5 Å². The van der Waals surface area contributed by atoms with Gasteiger partial charge >= 0.3 is 11.9 Å². The van der Waals surface area contributed by atoms with Gasteiger partial charge in [0.15, 0.2) is 10.9 Å². The highest BCUT2D eigenvalue weighted by Crippen LogP contribution is 2.34. The van der Waals surface area contributed by atoms with Crippen LogP contribution < -0.4 is 9.47 Å². The molecule has 4 aromatic carbocycles. The summed E-state index contributed by atoms with van der Waals surface area (Å²) in [5, 5.41) is 0. The van der Waals surface area contributed by atoms with Gasteiger partial charge in [0.1, 0.15) is 24.0 Å². The molecule has 0 saturated carbocycles. The van der Waals surface area contributed by atoms with E-state index in [2.05, 4.69) is 24.3 Å². The van der Waals surface area contributed by atoms with E-state index in [1.54, 1.807) is 25.6 Å². The lowest BCUT2D eigenvalue weighted by Gasteiger charge is -2.16. The van der Waals surface area contributed by atoms with Crippen LogP contribution in [0.15, 0.2) is 152 Å². The molecule has 0 aliphatic heterocycles. The van der Waals surface area contributed by atoms with Gasteiger partial charge in [0.2, 0.25) is 0 Å². The Morgan fingerprint density at radius 3 is 1.23 bits per heavy atom. The lowest BCUT2D eigenvalue weighted by atomic mass is 10.3. The second-order valence-electron chi connectivity index (χ2n) is 10.2. The van der Waals surface area contributed by atoms with Crippen molar-refractivity contribution < 1.29 is 28.5 Å². The molecule has 0 heterocycles. The van der Waals surface area contributed by atoms with Crippen LogP contribution in [0.2, 0.25) is 0 Å². The van der Waals surface area contributed by atoms with Crippen molar-refractivity contribution in [2.24, 2.45) is 0 Å². The van der Waals surface area contributed by atoms with Crippen LogP contribution in [0.1, 0.15) is 40.5 Å². The summed E-state index contributed by atoms with van der Waals surface area (Å²) in [6.07, 6.45) is 4.18. The smallest absolute Gasteiger partial charge is 0.337 e. The second-order valence-corrected chi connectivity index (χ2v) is 13.8. The topological polar surface area (TPSA) is 71.1 Å². The van der Waals surface area contributed by atoms with Gasteiger partial charge in [0, 0.05) is 19.6 Å². The molecule has 244 valence electrons. The fourth-order valence-electron chi connectivity index (χ4n) is 3.83. The molecule has 2 unspecified atom stereocenters. The van der Waals surface area contributed by atoms with Crippen molar-refractivity contribution in [2.75, 3.05) is 0 Å². The van der Waals surface area contributed by atoms with Crippen molar-refractivity contribution in [2.45, 2.75) is 71.0 Å². The number of hydrogen-bond donors (Lipinski definition) is 0. The van der Waals surface area contributed by atoms with Crippen LogP contribution in [0, 0.1) is 0 Å². The first-order valence-electron chi connectivity index (χ1n) is 15.2. The molecule has 0 fully saturated rings. The van der Waals surface area contributed by atoms with Crippen molar-refractivity contribution in [1.82, 2.24) is 0 Å². The average Bonchev–Trinajstić information content (AvgIpc) is 3.11. The van der Waals surface area contributed by atoms with E-state index >= 15 is 0 Å². The van der Waals surface area contributed by atoms with Crippen LogP contribution >= 0.6 is 35.3 Å². The van der Waals surface area contributed by atoms with Crippen molar-refractivity contribution in [1.29, 1.82) is 0 Å². The largest absolute Gasteiger partial charge is 0.464 e. The summed E-state index contributed by atoms with van der Waals surface area (Å²) in [6, 6.07) is 35.0. The first-order valence-corrected chi connectivity index (χ1v) is 17.8. The zero-order valence-electron chi connectivity index (χ0n) is 26.8. The summed E-state index contributed by atoms with van der Waals surface area (Å²) in [4.78, 5) is 29.4. The van der Waals surface area contributed by atoms with Gasteiger partial charge < -0.3 is 18.9 Å². The maximum atomic E-state index is 12.6. The summed E-state index contributed by atoms with van der Waals surface area (Å²) in [7, 11) is 0. The number of benzene rings is 4. The van der Waals surface area contributed by atoms with Crippen LogP contribution in [-0.4, -0.2) is 22.8 Å². The molecular weight excluding hydrogens is 649 g/mol. The number of carbonyl (C=O) groups excluding carboxylic acids is 2. The van der Waals surface area contributed by atoms with E-state index in [0.717, 1.165) is 19.6 Å². The van der Waals surface area contributed by atoms with Crippen LogP contribution in [0.3, 0.4) is 0 Å². The first-order chi connectivity index (χ1) is 22.8. The van der Waals surface area contributed by atoms with Gasteiger partial charge in [-0.15, -0.1) is 0 Å². The van der Waals surface area contributed by atoms with Gasteiger partial charge in [-0.2, -0.15) is 0 Å². The molecule has 0 aliphatic carbocycles. The molecule has 0 radical (unpaired) electrons. The molecule has 4 rings (SSSR count). The SMILES string of the molecule is CCC(OC(=O)/C(C)=C/Oc1ccccc1)Sc1ccc(Sc2ccc(SC(CC)OC(=O)/C(C)=C/Oc3ccccc3)cc2)cc1. The molecule has 2 atom stereocenters. The van der Waals surface area contributed by atoms with E-state index in [-0.39, 0.29) is 10.9 Å². The van der Waals surface area contributed by atoms with Crippen molar-refractivity contribution in [3.05, 3.63) is 133 Å². The predicted octanol–water partition coefficient (Wildman–Crippen LogP) is 10.5. The Labute approximate surface area is 289 Å². The Morgan fingerprint density at radius 1 is 0.553 bits per heavy atom.